The van der Waals surface area contributed by atoms with Gasteiger partial charge in [-0.15, -0.1) is 0 Å². The van der Waals surface area contributed by atoms with Crippen LogP contribution in [0.25, 0.3) is 0 Å². The number of amides is 3. The van der Waals surface area contributed by atoms with Crippen LogP contribution in [0.15, 0.2) is 24.3 Å². The molecule has 0 N–H and O–H groups in total. The van der Waals surface area contributed by atoms with Gasteiger partial charge in [0.2, 0.25) is 11.8 Å². The van der Waals surface area contributed by atoms with E-state index in [1.165, 1.54) is 4.90 Å². The third-order valence-electron chi connectivity index (χ3n) is 4.33. The zero-order valence-corrected chi connectivity index (χ0v) is 14.6. The van der Waals surface area contributed by atoms with Crippen molar-refractivity contribution in [2.45, 2.75) is 26.7 Å². The third kappa shape index (κ3) is 3.93. The van der Waals surface area contributed by atoms with Crippen molar-refractivity contribution < 1.29 is 14.4 Å². The molecule has 1 aromatic rings. The molecule has 0 spiro atoms. The van der Waals surface area contributed by atoms with Crippen molar-refractivity contribution in [3.05, 3.63) is 29.8 Å². The highest BCUT2D eigenvalue weighted by Gasteiger charge is 2.22. The molecule has 1 heterocycles. The number of rotatable bonds is 6. The van der Waals surface area contributed by atoms with Crippen LogP contribution in [0.2, 0.25) is 0 Å². The van der Waals surface area contributed by atoms with Gasteiger partial charge in [-0.1, -0.05) is 0 Å². The summed E-state index contributed by atoms with van der Waals surface area (Å²) in [4.78, 5) is 41.2. The second-order valence-corrected chi connectivity index (χ2v) is 5.92. The largest absolute Gasteiger partial charge is 0.342 e. The molecule has 1 fully saturated rings. The Kier molecular flexibility index (Phi) is 5.95. The highest BCUT2D eigenvalue weighted by atomic mass is 16.2. The summed E-state index contributed by atoms with van der Waals surface area (Å²) in [6.45, 7) is 5.90. The summed E-state index contributed by atoms with van der Waals surface area (Å²) in [5, 5.41) is 0. The van der Waals surface area contributed by atoms with Crippen molar-refractivity contribution in [3.8, 4) is 0 Å². The van der Waals surface area contributed by atoms with E-state index in [2.05, 4.69) is 0 Å². The minimum Gasteiger partial charge on any atom is -0.342 e. The van der Waals surface area contributed by atoms with Crippen LogP contribution in [0.1, 0.15) is 37.0 Å². The molecule has 0 aromatic heterocycles. The standard InChI is InChI=1S/C18H25N3O3/c1-4-20(5-2)17(23)13-19(3)18(24)14-8-10-15(11-9-14)21-12-6-7-16(21)22/h8-11H,4-7,12-13H2,1-3H3. The maximum absolute atomic E-state index is 12.5. The number of benzene rings is 1. The van der Waals surface area contributed by atoms with Crippen LogP contribution in [0.5, 0.6) is 0 Å². The van der Waals surface area contributed by atoms with Gasteiger partial charge >= 0.3 is 0 Å². The number of hydrogen-bond acceptors (Lipinski definition) is 3. The Balaban J connectivity index is 2.01. The molecule has 0 aliphatic carbocycles. The fourth-order valence-electron chi connectivity index (χ4n) is 2.88. The molecule has 3 amide bonds. The molecule has 0 atom stereocenters. The predicted molar refractivity (Wildman–Crippen MR) is 92.9 cm³/mol. The smallest absolute Gasteiger partial charge is 0.254 e. The van der Waals surface area contributed by atoms with Gasteiger partial charge in [-0.3, -0.25) is 14.4 Å². The van der Waals surface area contributed by atoms with E-state index in [0.29, 0.717) is 25.1 Å². The van der Waals surface area contributed by atoms with Gasteiger partial charge < -0.3 is 14.7 Å². The Morgan fingerprint density at radius 1 is 1.12 bits per heavy atom. The highest BCUT2D eigenvalue weighted by molar-refractivity contribution is 5.98. The minimum atomic E-state index is -0.199. The van der Waals surface area contributed by atoms with E-state index >= 15 is 0 Å². The van der Waals surface area contributed by atoms with E-state index in [0.717, 1.165) is 18.7 Å². The molecule has 1 saturated heterocycles. The number of hydrogen-bond donors (Lipinski definition) is 0. The topological polar surface area (TPSA) is 60.9 Å². The van der Waals surface area contributed by atoms with Gasteiger partial charge in [0.25, 0.3) is 5.91 Å². The second kappa shape index (κ2) is 7.95. The normalized spacial score (nSPS) is 14.0. The Bertz CT molecular complexity index is 608. The zero-order valence-electron chi connectivity index (χ0n) is 14.6. The average molecular weight is 331 g/mol. The van der Waals surface area contributed by atoms with E-state index in [1.54, 1.807) is 41.1 Å². The quantitative estimate of drug-likeness (QED) is 0.798. The van der Waals surface area contributed by atoms with E-state index in [4.69, 9.17) is 0 Å². The molecule has 1 aliphatic heterocycles. The lowest BCUT2D eigenvalue weighted by molar-refractivity contribution is -0.131. The van der Waals surface area contributed by atoms with Crippen LogP contribution >= 0.6 is 0 Å². The Morgan fingerprint density at radius 3 is 2.25 bits per heavy atom. The van der Waals surface area contributed by atoms with Gasteiger partial charge in [-0.25, -0.2) is 0 Å². The van der Waals surface area contributed by atoms with Crippen molar-refractivity contribution in [2.24, 2.45) is 0 Å². The van der Waals surface area contributed by atoms with Crippen LogP contribution in [0.4, 0.5) is 5.69 Å². The molecule has 6 nitrogen and oxygen atoms in total. The Morgan fingerprint density at radius 2 is 1.75 bits per heavy atom. The molecule has 130 valence electrons. The number of anilines is 1. The molecule has 2 rings (SSSR count). The number of nitrogens with zero attached hydrogens (tertiary/aromatic N) is 3. The average Bonchev–Trinajstić information content (AvgIpc) is 3.01. The summed E-state index contributed by atoms with van der Waals surface area (Å²) in [7, 11) is 1.63. The van der Waals surface area contributed by atoms with E-state index in [-0.39, 0.29) is 24.3 Å². The van der Waals surface area contributed by atoms with Crippen molar-refractivity contribution in [1.29, 1.82) is 0 Å². The van der Waals surface area contributed by atoms with Gasteiger partial charge in [0.15, 0.2) is 0 Å². The summed E-state index contributed by atoms with van der Waals surface area (Å²) in [6.07, 6.45) is 1.45. The van der Waals surface area contributed by atoms with Gasteiger partial charge in [0.05, 0.1) is 6.54 Å². The molecule has 6 heteroatoms. The molecule has 0 bridgehead atoms. The van der Waals surface area contributed by atoms with Crippen LogP contribution in [0, 0.1) is 0 Å². The van der Waals surface area contributed by atoms with Crippen LogP contribution in [-0.4, -0.2) is 60.7 Å². The predicted octanol–water partition coefficient (Wildman–Crippen LogP) is 1.75. The summed E-state index contributed by atoms with van der Waals surface area (Å²) in [5.74, 6) is -0.138. The number of likely N-dealkylation sites (N-methyl/N-ethyl adjacent to an activating group) is 2. The molecular weight excluding hydrogens is 306 g/mol. The fourth-order valence-corrected chi connectivity index (χ4v) is 2.88. The molecule has 0 unspecified atom stereocenters. The highest BCUT2D eigenvalue weighted by Crippen LogP contribution is 2.21. The summed E-state index contributed by atoms with van der Waals surface area (Å²) >= 11 is 0. The Hall–Kier alpha value is -2.37. The van der Waals surface area contributed by atoms with Crippen molar-refractivity contribution in [2.75, 3.05) is 38.1 Å². The van der Waals surface area contributed by atoms with Crippen LogP contribution in [0.3, 0.4) is 0 Å². The summed E-state index contributed by atoms with van der Waals surface area (Å²) < 4.78 is 0. The first-order valence-corrected chi connectivity index (χ1v) is 8.41. The number of carbonyl (C=O) groups is 3. The molecule has 1 aliphatic rings. The Labute approximate surface area is 143 Å². The lowest BCUT2D eigenvalue weighted by atomic mass is 10.1. The van der Waals surface area contributed by atoms with Gasteiger partial charge in [0, 0.05) is 44.4 Å². The summed E-state index contributed by atoms with van der Waals surface area (Å²) in [6, 6.07) is 7.00. The first kappa shape index (κ1) is 18.0. The van der Waals surface area contributed by atoms with Gasteiger partial charge in [-0.05, 0) is 44.5 Å². The lowest BCUT2D eigenvalue weighted by Crippen LogP contribution is -2.41. The molecular formula is C18H25N3O3. The third-order valence-corrected chi connectivity index (χ3v) is 4.33. The zero-order chi connectivity index (χ0) is 17.7. The van der Waals surface area contributed by atoms with Gasteiger partial charge in [0.1, 0.15) is 0 Å². The van der Waals surface area contributed by atoms with Gasteiger partial charge in [-0.2, -0.15) is 0 Å². The SMILES string of the molecule is CCN(CC)C(=O)CN(C)C(=O)c1ccc(N2CCCC2=O)cc1. The van der Waals surface area contributed by atoms with E-state index < -0.39 is 0 Å². The maximum atomic E-state index is 12.5. The maximum Gasteiger partial charge on any atom is 0.254 e. The van der Waals surface area contributed by atoms with E-state index in [1.807, 2.05) is 13.8 Å². The van der Waals surface area contributed by atoms with Crippen molar-refractivity contribution >= 4 is 23.4 Å². The molecule has 1 aromatic carbocycles. The lowest BCUT2D eigenvalue weighted by Gasteiger charge is -2.23. The molecule has 0 radical (unpaired) electrons. The molecule has 0 saturated carbocycles. The first-order chi connectivity index (χ1) is 11.5. The van der Waals surface area contributed by atoms with Crippen LogP contribution < -0.4 is 4.90 Å². The number of carbonyl (C=O) groups excluding carboxylic acids is 3. The summed E-state index contributed by atoms with van der Waals surface area (Å²) in [5.41, 5.74) is 1.33. The molecule has 24 heavy (non-hydrogen) atoms. The van der Waals surface area contributed by atoms with Crippen molar-refractivity contribution in [3.63, 3.8) is 0 Å². The van der Waals surface area contributed by atoms with Crippen LogP contribution in [-0.2, 0) is 9.59 Å². The second-order valence-electron chi connectivity index (χ2n) is 5.92. The first-order valence-electron chi connectivity index (χ1n) is 8.41. The fraction of sp³-hybridized carbons (Fsp3) is 0.500. The minimum absolute atomic E-state index is 0.0601. The van der Waals surface area contributed by atoms with Crippen molar-refractivity contribution in [1.82, 2.24) is 9.80 Å². The van der Waals surface area contributed by atoms with E-state index in [9.17, 15) is 14.4 Å². The monoisotopic (exact) mass is 331 g/mol.